The van der Waals surface area contributed by atoms with E-state index in [1.165, 1.54) is 5.69 Å². The van der Waals surface area contributed by atoms with Crippen LogP contribution in [0.25, 0.3) is 0 Å². The van der Waals surface area contributed by atoms with E-state index in [0.29, 0.717) is 25.2 Å². The van der Waals surface area contributed by atoms with Crippen molar-refractivity contribution in [3.8, 4) is 5.75 Å². The molecule has 0 amide bonds. The van der Waals surface area contributed by atoms with Crippen LogP contribution in [0, 0.1) is 5.92 Å². The highest BCUT2D eigenvalue weighted by atomic mass is 16.5. The van der Waals surface area contributed by atoms with Crippen LogP contribution in [0.2, 0.25) is 0 Å². The van der Waals surface area contributed by atoms with Gasteiger partial charge in [-0.2, -0.15) is 0 Å². The maximum atomic E-state index is 5.96. The quantitative estimate of drug-likeness (QED) is 0.785. The van der Waals surface area contributed by atoms with Gasteiger partial charge in [-0.3, -0.25) is 0 Å². The molecule has 1 aromatic rings. The van der Waals surface area contributed by atoms with E-state index in [-0.39, 0.29) is 0 Å². The molecule has 0 spiro atoms. The molecule has 1 aliphatic rings. The molecule has 2 rings (SSSR count). The van der Waals surface area contributed by atoms with Gasteiger partial charge in [0.05, 0.1) is 6.61 Å². The molecule has 1 aromatic carbocycles. The van der Waals surface area contributed by atoms with Crippen molar-refractivity contribution in [3.63, 3.8) is 0 Å². The molecule has 4 nitrogen and oxygen atoms in total. The number of nitrogens with zero attached hydrogens (tertiary/aromatic N) is 1. The Labute approximate surface area is 128 Å². The fourth-order valence-corrected chi connectivity index (χ4v) is 2.47. The van der Waals surface area contributed by atoms with E-state index < -0.39 is 0 Å². The van der Waals surface area contributed by atoms with E-state index in [2.05, 4.69) is 30.9 Å². The lowest BCUT2D eigenvalue weighted by atomic mass is 10.1. The molecule has 1 aliphatic heterocycles. The summed E-state index contributed by atoms with van der Waals surface area (Å²) in [5.74, 6) is 1.48. The standard InChI is InChI=1S/C17H28N2O2/c1-14(2)13-20-10-11-21-17-5-3-4-16(12-17)19-8-6-15(18)7-9-19/h3-5,12,14-15H,6-11,13,18H2,1-2H3. The first-order chi connectivity index (χ1) is 10.1. The third kappa shape index (κ3) is 5.56. The molecule has 0 saturated carbocycles. The van der Waals surface area contributed by atoms with Crippen molar-refractivity contribution in [2.75, 3.05) is 37.8 Å². The van der Waals surface area contributed by atoms with Gasteiger partial charge >= 0.3 is 0 Å². The molecule has 0 atom stereocenters. The molecule has 2 N–H and O–H groups in total. The molecular weight excluding hydrogens is 264 g/mol. The molecule has 0 aromatic heterocycles. The fourth-order valence-electron chi connectivity index (χ4n) is 2.47. The number of ether oxygens (including phenoxy) is 2. The summed E-state index contributed by atoms with van der Waals surface area (Å²) in [6.07, 6.45) is 2.13. The van der Waals surface area contributed by atoms with Crippen LogP contribution in [0.4, 0.5) is 5.69 Å². The zero-order chi connectivity index (χ0) is 15.1. The van der Waals surface area contributed by atoms with Gasteiger partial charge < -0.3 is 20.1 Å². The van der Waals surface area contributed by atoms with Gasteiger partial charge in [-0.25, -0.2) is 0 Å². The summed E-state index contributed by atoms with van der Waals surface area (Å²) in [5.41, 5.74) is 7.18. The van der Waals surface area contributed by atoms with Crippen LogP contribution in [0.3, 0.4) is 0 Å². The molecule has 118 valence electrons. The van der Waals surface area contributed by atoms with Crippen LogP contribution in [0.5, 0.6) is 5.75 Å². The predicted molar refractivity (Wildman–Crippen MR) is 87.0 cm³/mol. The van der Waals surface area contributed by atoms with Crippen LogP contribution in [-0.4, -0.2) is 39.0 Å². The highest BCUT2D eigenvalue weighted by Gasteiger charge is 2.16. The van der Waals surface area contributed by atoms with Gasteiger partial charge in [0.15, 0.2) is 0 Å². The second-order valence-electron chi connectivity index (χ2n) is 6.14. The van der Waals surface area contributed by atoms with Crippen LogP contribution in [-0.2, 0) is 4.74 Å². The van der Waals surface area contributed by atoms with Crippen molar-refractivity contribution in [3.05, 3.63) is 24.3 Å². The summed E-state index contributed by atoms with van der Waals surface area (Å²) in [4.78, 5) is 2.38. The zero-order valence-corrected chi connectivity index (χ0v) is 13.3. The summed E-state index contributed by atoms with van der Waals surface area (Å²) in [7, 11) is 0. The normalized spacial score (nSPS) is 16.5. The Balaban J connectivity index is 1.78. The zero-order valence-electron chi connectivity index (χ0n) is 13.3. The van der Waals surface area contributed by atoms with E-state index in [1.54, 1.807) is 0 Å². The van der Waals surface area contributed by atoms with Crippen molar-refractivity contribution in [2.24, 2.45) is 11.7 Å². The molecule has 1 fully saturated rings. The number of benzene rings is 1. The van der Waals surface area contributed by atoms with E-state index in [9.17, 15) is 0 Å². The molecule has 0 bridgehead atoms. The second-order valence-corrected chi connectivity index (χ2v) is 6.14. The van der Waals surface area contributed by atoms with Gasteiger partial charge in [0.25, 0.3) is 0 Å². The van der Waals surface area contributed by atoms with Gasteiger partial charge in [0.2, 0.25) is 0 Å². The van der Waals surface area contributed by atoms with Gasteiger partial charge in [0, 0.05) is 37.5 Å². The average Bonchev–Trinajstić information content (AvgIpc) is 2.48. The lowest BCUT2D eigenvalue weighted by molar-refractivity contribution is 0.0819. The maximum Gasteiger partial charge on any atom is 0.121 e. The highest BCUT2D eigenvalue weighted by Crippen LogP contribution is 2.24. The Morgan fingerprint density at radius 2 is 2.00 bits per heavy atom. The van der Waals surface area contributed by atoms with E-state index >= 15 is 0 Å². The topological polar surface area (TPSA) is 47.7 Å². The van der Waals surface area contributed by atoms with Gasteiger partial charge in [-0.05, 0) is 30.9 Å². The summed E-state index contributed by atoms with van der Waals surface area (Å²) < 4.78 is 11.3. The summed E-state index contributed by atoms with van der Waals surface area (Å²) >= 11 is 0. The maximum absolute atomic E-state index is 5.96. The van der Waals surface area contributed by atoms with E-state index in [4.69, 9.17) is 15.2 Å². The molecule has 1 heterocycles. The Kier molecular flexibility index (Phi) is 6.33. The number of nitrogens with two attached hydrogens (primary N) is 1. The summed E-state index contributed by atoms with van der Waals surface area (Å²) in [6.45, 7) is 8.38. The van der Waals surface area contributed by atoms with Crippen LogP contribution in [0.15, 0.2) is 24.3 Å². The Morgan fingerprint density at radius 3 is 2.71 bits per heavy atom. The van der Waals surface area contributed by atoms with Crippen LogP contribution >= 0.6 is 0 Å². The first-order valence-electron chi connectivity index (χ1n) is 7.96. The monoisotopic (exact) mass is 292 g/mol. The summed E-state index contributed by atoms with van der Waals surface area (Å²) in [6, 6.07) is 8.66. The number of piperidine rings is 1. The average molecular weight is 292 g/mol. The molecule has 4 heteroatoms. The first kappa shape index (κ1) is 16.1. The fraction of sp³-hybridized carbons (Fsp3) is 0.647. The van der Waals surface area contributed by atoms with Crippen molar-refractivity contribution >= 4 is 5.69 Å². The minimum atomic E-state index is 0.360. The number of rotatable bonds is 7. The largest absolute Gasteiger partial charge is 0.491 e. The minimum Gasteiger partial charge on any atom is -0.491 e. The van der Waals surface area contributed by atoms with Gasteiger partial charge in [0.1, 0.15) is 12.4 Å². The third-order valence-electron chi connectivity index (χ3n) is 3.67. The number of hydrogen-bond acceptors (Lipinski definition) is 4. The molecule has 1 saturated heterocycles. The van der Waals surface area contributed by atoms with Gasteiger partial charge in [-0.15, -0.1) is 0 Å². The number of anilines is 1. The third-order valence-corrected chi connectivity index (χ3v) is 3.67. The van der Waals surface area contributed by atoms with Crippen LogP contribution in [0.1, 0.15) is 26.7 Å². The number of hydrogen-bond donors (Lipinski definition) is 1. The molecular formula is C17H28N2O2. The SMILES string of the molecule is CC(C)COCCOc1cccc(N2CCC(N)CC2)c1. The Hall–Kier alpha value is -1.26. The Morgan fingerprint density at radius 1 is 1.24 bits per heavy atom. The second kappa shape index (κ2) is 8.25. The van der Waals surface area contributed by atoms with Crippen LogP contribution < -0.4 is 15.4 Å². The van der Waals surface area contributed by atoms with E-state index in [0.717, 1.165) is 38.3 Å². The van der Waals surface area contributed by atoms with Crippen molar-refractivity contribution in [1.29, 1.82) is 0 Å². The minimum absolute atomic E-state index is 0.360. The lowest BCUT2D eigenvalue weighted by Crippen LogP contribution is -2.39. The van der Waals surface area contributed by atoms with Crippen molar-refractivity contribution in [1.82, 2.24) is 0 Å². The van der Waals surface area contributed by atoms with Gasteiger partial charge in [-0.1, -0.05) is 19.9 Å². The molecule has 0 aliphatic carbocycles. The van der Waals surface area contributed by atoms with Crippen molar-refractivity contribution in [2.45, 2.75) is 32.7 Å². The van der Waals surface area contributed by atoms with Crippen molar-refractivity contribution < 1.29 is 9.47 Å². The molecule has 21 heavy (non-hydrogen) atoms. The smallest absolute Gasteiger partial charge is 0.121 e. The highest BCUT2D eigenvalue weighted by molar-refractivity contribution is 5.51. The molecule has 0 unspecified atom stereocenters. The summed E-state index contributed by atoms with van der Waals surface area (Å²) in [5, 5.41) is 0. The first-order valence-corrected chi connectivity index (χ1v) is 7.96. The molecule has 0 radical (unpaired) electrons. The lowest BCUT2D eigenvalue weighted by Gasteiger charge is -2.32. The Bertz CT molecular complexity index is 415. The predicted octanol–water partition coefficient (Wildman–Crippen LogP) is 2.67. The van der Waals surface area contributed by atoms with E-state index in [1.807, 2.05) is 12.1 Å².